The zero-order valence-corrected chi connectivity index (χ0v) is 15.4. The predicted octanol–water partition coefficient (Wildman–Crippen LogP) is 0.748. The van der Waals surface area contributed by atoms with Gasteiger partial charge in [0.1, 0.15) is 11.7 Å². The molecule has 1 atom stereocenters. The van der Waals surface area contributed by atoms with Crippen molar-refractivity contribution in [1.82, 2.24) is 10.6 Å². The van der Waals surface area contributed by atoms with E-state index in [4.69, 9.17) is 11.5 Å². The number of hydrogen-bond acceptors (Lipinski definition) is 4. The molecule has 0 heterocycles. The van der Waals surface area contributed by atoms with Gasteiger partial charge in [-0.15, -0.1) is 0 Å². The van der Waals surface area contributed by atoms with E-state index in [2.05, 4.69) is 10.6 Å². The van der Waals surface area contributed by atoms with E-state index in [0.717, 1.165) is 17.3 Å². The van der Waals surface area contributed by atoms with Crippen LogP contribution in [0, 0.1) is 0 Å². The van der Waals surface area contributed by atoms with Crippen molar-refractivity contribution in [1.29, 1.82) is 0 Å². The average Bonchev–Trinajstić information content (AvgIpc) is 2.71. The predicted molar refractivity (Wildman–Crippen MR) is 106 cm³/mol. The topological polar surface area (TPSA) is 127 Å². The summed E-state index contributed by atoms with van der Waals surface area (Å²) < 4.78 is 0. The van der Waals surface area contributed by atoms with Gasteiger partial charge >= 0.3 is 0 Å². The van der Waals surface area contributed by atoms with Gasteiger partial charge in [0.15, 0.2) is 0 Å². The molecule has 146 valence electrons. The Balaban J connectivity index is 2.05. The largest absolute Gasteiger partial charge is 0.403 e. The summed E-state index contributed by atoms with van der Waals surface area (Å²) in [6.07, 6.45) is 1.98. The van der Waals surface area contributed by atoms with Crippen molar-refractivity contribution in [3.8, 4) is 0 Å². The molecule has 3 amide bonds. The Morgan fingerprint density at radius 3 is 2.04 bits per heavy atom. The molecule has 28 heavy (non-hydrogen) atoms. The van der Waals surface area contributed by atoms with Gasteiger partial charge in [0, 0.05) is 19.0 Å². The van der Waals surface area contributed by atoms with Gasteiger partial charge in [-0.05, 0) is 17.5 Å². The van der Waals surface area contributed by atoms with E-state index < -0.39 is 17.9 Å². The lowest BCUT2D eigenvalue weighted by molar-refractivity contribution is -0.129. The Bertz CT molecular complexity index is 835. The highest BCUT2D eigenvalue weighted by Crippen LogP contribution is 2.06. The minimum atomic E-state index is -0.875. The molecule has 2 rings (SSSR count). The molecule has 0 bridgehead atoms. The van der Waals surface area contributed by atoms with Gasteiger partial charge in [-0.25, -0.2) is 0 Å². The molecule has 0 aliphatic rings. The lowest BCUT2D eigenvalue weighted by atomic mass is 10.0. The lowest BCUT2D eigenvalue weighted by Gasteiger charge is -2.19. The van der Waals surface area contributed by atoms with E-state index in [0.29, 0.717) is 6.42 Å². The van der Waals surface area contributed by atoms with E-state index >= 15 is 0 Å². The number of aryl methyl sites for hydroxylation is 1. The SMILES string of the molecule is N/C=C(/NC(=O)[C@H](Cc1ccccc1)NC(=O)CCc1ccccc1)C(N)=O. The molecule has 7 heteroatoms. The molecule has 2 aromatic rings. The third-order valence-corrected chi connectivity index (χ3v) is 4.11. The van der Waals surface area contributed by atoms with Gasteiger partial charge in [-0.1, -0.05) is 60.7 Å². The fourth-order valence-electron chi connectivity index (χ4n) is 2.63. The zero-order valence-electron chi connectivity index (χ0n) is 15.4. The third-order valence-electron chi connectivity index (χ3n) is 4.11. The summed E-state index contributed by atoms with van der Waals surface area (Å²) in [6.45, 7) is 0. The first-order valence-electron chi connectivity index (χ1n) is 8.89. The van der Waals surface area contributed by atoms with Crippen LogP contribution in [0.1, 0.15) is 17.5 Å². The third kappa shape index (κ3) is 6.60. The van der Waals surface area contributed by atoms with E-state index in [1.54, 1.807) is 0 Å². The standard InChI is InChI=1S/C21H24N4O3/c22-14-18(20(23)27)25-21(28)17(13-16-9-5-2-6-10-16)24-19(26)12-11-15-7-3-1-4-8-15/h1-10,14,17H,11-13,22H2,(H2,23,27)(H,24,26)(H,25,28)/b18-14+/t17-/m0/s1. The molecule has 0 radical (unpaired) electrons. The van der Waals surface area contributed by atoms with Gasteiger partial charge in [-0.2, -0.15) is 0 Å². The van der Waals surface area contributed by atoms with Crippen LogP contribution in [-0.2, 0) is 27.2 Å². The first-order chi connectivity index (χ1) is 13.5. The number of nitrogens with one attached hydrogen (secondary N) is 2. The number of benzene rings is 2. The van der Waals surface area contributed by atoms with E-state index in [-0.39, 0.29) is 24.4 Å². The van der Waals surface area contributed by atoms with Crippen molar-refractivity contribution in [2.24, 2.45) is 11.5 Å². The number of primary amides is 1. The zero-order chi connectivity index (χ0) is 20.4. The quantitative estimate of drug-likeness (QED) is 0.479. The molecule has 2 aromatic carbocycles. The van der Waals surface area contributed by atoms with Gasteiger partial charge in [0.2, 0.25) is 11.8 Å². The maximum atomic E-state index is 12.6. The fourth-order valence-corrected chi connectivity index (χ4v) is 2.63. The maximum Gasteiger partial charge on any atom is 0.266 e. The first kappa shape index (κ1) is 20.7. The Labute approximate surface area is 163 Å². The Morgan fingerprint density at radius 2 is 1.50 bits per heavy atom. The molecule has 7 nitrogen and oxygen atoms in total. The van der Waals surface area contributed by atoms with Crippen molar-refractivity contribution in [3.63, 3.8) is 0 Å². The molecule has 0 unspecified atom stereocenters. The van der Waals surface area contributed by atoms with Gasteiger partial charge in [-0.3, -0.25) is 14.4 Å². The molecule has 0 aliphatic heterocycles. The van der Waals surface area contributed by atoms with Gasteiger partial charge in [0.25, 0.3) is 5.91 Å². The second kappa shape index (κ2) is 10.5. The summed E-state index contributed by atoms with van der Waals surface area (Å²) in [7, 11) is 0. The highest BCUT2D eigenvalue weighted by molar-refractivity contribution is 5.98. The van der Waals surface area contributed by atoms with Gasteiger partial charge < -0.3 is 22.1 Å². The van der Waals surface area contributed by atoms with Gasteiger partial charge in [0.05, 0.1) is 0 Å². The Kier molecular flexibility index (Phi) is 7.77. The summed E-state index contributed by atoms with van der Waals surface area (Å²) in [6, 6.07) is 18.0. The van der Waals surface area contributed by atoms with E-state index in [1.807, 2.05) is 60.7 Å². The Hall–Kier alpha value is -3.61. The second-order valence-electron chi connectivity index (χ2n) is 6.23. The highest BCUT2D eigenvalue weighted by atomic mass is 16.2. The highest BCUT2D eigenvalue weighted by Gasteiger charge is 2.23. The monoisotopic (exact) mass is 380 g/mol. The number of hydrogen-bond donors (Lipinski definition) is 4. The first-order valence-corrected chi connectivity index (χ1v) is 8.89. The summed E-state index contributed by atoms with van der Waals surface area (Å²) >= 11 is 0. The summed E-state index contributed by atoms with van der Waals surface area (Å²) in [5.74, 6) is -1.69. The lowest BCUT2D eigenvalue weighted by Crippen LogP contribution is -2.49. The van der Waals surface area contributed by atoms with Crippen LogP contribution in [0.3, 0.4) is 0 Å². The van der Waals surface area contributed by atoms with Crippen LogP contribution in [0.15, 0.2) is 72.6 Å². The van der Waals surface area contributed by atoms with Crippen molar-refractivity contribution in [2.75, 3.05) is 0 Å². The number of carbonyl (C=O) groups excluding carboxylic acids is 3. The maximum absolute atomic E-state index is 12.6. The molecular formula is C21H24N4O3. The van der Waals surface area contributed by atoms with Crippen LogP contribution in [-0.4, -0.2) is 23.8 Å². The summed E-state index contributed by atoms with van der Waals surface area (Å²) in [4.78, 5) is 36.3. The normalized spacial score (nSPS) is 12.1. The van der Waals surface area contributed by atoms with Crippen molar-refractivity contribution in [3.05, 3.63) is 83.7 Å². The molecule has 0 aliphatic carbocycles. The fraction of sp³-hybridized carbons (Fsp3) is 0.190. The van der Waals surface area contributed by atoms with Crippen LogP contribution in [0.2, 0.25) is 0 Å². The number of amides is 3. The van der Waals surface area contributed by atoms with Crippen LogP contribution >= 0.6 is 0 Å². The van der Waals surface area contributed by atoms with Crippen molar-refractivity contribution < 1.29 is 14.4 Å². The Morgan fingerprint density at radius 1 is 0.929 bits per heavy atom. The number of nitrogens with two attached hydrogens (primary N) is 2. The van der Waals surface area contributed by atoms with E-state index in [9.17, 15) is 14.4 Å². The number of rotatable bonds is 9. The smallest absolute Gasteiger partial charge is 0.266 e. The molecule has 6 N–H and O–H groups in total. The average molecular weight is 380 g/mol. The molecule has 0 saturated carbocycles. The van der Waals surface area contributed by atoms with Crippen LogP contribution in [0.4, 0.5) is 0 Å². The molecule has 0 aromatic heterocycles. The minimum absolute atomic E-state index is 0.221. The van der Waals surface area contributed by atoms with Crippen molar-refractivity contribution >= 4 is 17.7 Å². The number of carbonyl (C=O) groups is 3. The molecule has 0 spiro atoms. The van der Waals surface area contributed by atoms with Crippen LogP contribution in [0.25, 0.3) is 0 Å². The molecule has 0 saturated heterocycles. The molecule has 0 fully saturated rings. The second-order valence-corrected chi connectivity index (χ2v) is 6.23. The molecular weight excluding hydrogens is 356 g/mol. The van der Waals surface area contributed by atoms with Crippen molar-refractivity contribution in [2.45, 2.75) is 25.3 Å². The summed E-state index contributed by atoms with van der Waals surface area (Å²) in [5, 5.41) is 5.11. The van der Waals surface area contributed by atoms with Crippen LogP contribution < -0.4 is 22.1 Å². The minimum Gasteiger partial charge on any atom is -0.403 e. The summed E-state index contributed by atoms with van der Waals surface area (Å²) in [5.41, 5.74) is 12.2. The van der Waals surface area contributed by atoms with Crippen LogP contribution in [0.5, 0.6) is 0 Å². The van der Waals surface area contributed by atoms with E-state index in [1.165, 1.54) is 0 Å².